The standard InChI is InChI=1S/C12H21BrN4O2/c1-9-12(13)10(16(4)14-9)7-17(8-11(18)19)6-5-15(2)3/h5-8H2,1-4H3,(H,18,19). The SMILES string of the molecule is Cc1nn(C)c(CN(CCN(C)C)CC(=O)O)c1Br. The number of likely N-dealkylation sites (N-methyl/N-ethyl adjacent to an activating group) is 1. The van der Waals surface area contributed by atoms with E-state index < -0.39 is 5.97 Å². The van der Waals surface area contributed by atoms with Crippen LogP contribution in [0.2, 0.25) is 0 Å². The number of hydrogen-bond donors (Lipinski definition) is 1. The van der Waals surface area contributed by atoms with E-state index in [0.717, 1.165) is 22.4 Å². The van der Waals surface area contributed by atoms with E-state index in [-0.39, 0.29) is 6.54 Å². The van der Waals surface area contributed by atoms with Crippen LogP contribution in [0.4, 0.5) is 0 Å². The van der Waals surface area contributed by atoms with Crippen LogP contribution in [-0.2, 0) is 18.4 Å². The Labute approximate surface area is 122 Å². The van der Waals surface area contributed by atoms with Crippen LogP contribution < -0.4 is 0 Å². The van der Waals surface area contributed by atoms with Crippen molar-refractivity contribution in [3.8, 4) is 0 Å². The lowest BCUT2D eigenvalue weighted by molar-refractivity contribution is -0.138. The van der Waals surface area contributed by atoms with Crippen molar-refractivity contribution >= 4 is 21.9 Å². The summed E-state index contributed by atoms with van der Waals surface area (Å²) < 4.78 is 2.75. The minimum atomic E-state index is -0.811. The lowest BCUT2D eigenvalue weighted by Crippen LogP contribution is -2.35. The third-order valence-electron chi connectivity index (χ3n) is 2.86. The summed E-state index contributed by atoms with van der Waals surface area (Å²) in [5.41, 5.74) is 1.91. The first kappa shape index (κ1) is 16.1. The van der Waals surface area contributed by atoms with E-state index in [1.165, 1.54) is 0 Å². The first-order chi connectivity index (χ1) is 8.81. The second-order valence-electron chi connectivity index (χ2n) is 4.88. The van der Waals surface area contributed by atoms with Gasteiger partial charge in [0.15, 0.2) is 0 Å². The molecule has 0 amide bonds. The van der Waals surface area contributed by atoms with Crippen molar-refractivity contribution in [2.24, 2.45) is 7.05 Å². The normalized spacial score (nSPS) is 11.5. The highest BCUT2D eigenvalue weighted by atomic mass is 79.9. The molecule has 0 atom stereocenters. The topological polar surface area (TPSA) is 61.6 Å². The van der Waals surface area contributed by atoms with Crippen molar-refractivity contribution in [2.45, 2.75) is 13.5 Å². The second-order valence-corrected chi connectivity index (χ2v) is 5.67. The number of carbonyl (C=O) groups is 1. The summed E-state index contributed by atoms with van der Waals surface area (Å²) in [6.45, 7) is 4.05. The van der Waals surface area contributed by atoms with Gasteiger partial charge in [0.2, 0.25) is 0 Å². The third kappa shape index (κ3) is 4.93. The highest BCUT2D eigenvalue weighted by Crippen LogP contribution is 2.21. The van der Waals surface area contributed by atoms with Gasteiger partial charge in [-0.25, -0.2) is 0 Å². The number of aliphatic carboxylic acids is 1. The van der Waals surface area contributed by atoms with Gasteiger partial charge in [-0.15, -0.1) is 0 Å². The predicted octanol–water partition coefficient (Wildman–Crippen LogP) is 0.939. The Bertz CT molecular complexity index is 445. The van der Waals surface area contributed by atoms with E-state index in [1.54, 1.807) is 4.68 Å². The van der Waals surface area contributed by atoms with Gasteiger partial charge in [0, 0.05) is 26.7 Å². The summed E-state index contributed by atoms with van der Waals surface area (Å²) in [4.78, 5) is 14.9. The molecule has 0 saturated heterocycles. The quantitative estimate of drug-likeness (QED) is 0.805. The largest absolute Gasteiger partial charge is 0.480 e. The minimum Gasteiger partial charge on any atom is -0.480 e. The lowest BCUT2D eigenvalue weighted by Gasteiger charge is -2.22. The summed E-state index contributed by atoms with van der Waals surface area (Å²) in [6, 6.07) is 0. The maximum Gasteiger partial charge on any atom is 0.317 e. The molecule has 0 radical (unpaired) electrons. The molecule has 1 heterocycles. The van der Waals surface area contributed by atoms with E-state index >= 15 is 0 Å². The molecule has 0 bridgehead atoms. The average molecular weight is 333 g/mol. The number of hydrogen-bond acceptors (Lipinski definition) is 4. The molecule has 0 fully saturated rings. The molecule has 0 aliphatic heterocycles. The number of carboxylic acids is 1. The van der Waals surface area contributed by atoms with Crippen molar-refractivity contribution in [3.63, 3.8) is 0 Å². The van der Waals surface area contributed by atoms with Crippen LogP contribution >= 0.6 is 15.9 Å². The Balaban J connectivity index is 2.78. The van der Waals surface area contributed by atoms with Gasteiger partial charge in [-0.05, 0) is 36.9 Å². The van der Waals surface area contributed by atoms with Gasteiger partial charge in [-0.1, -0.05) is 0 Å². The number of aryl methyl sites for hydroxylation is 2. The highest BCUT2D eigenvalue weighted by molar-refractivity contribution is 9.10. The maximum atomic E-state index is 10.9. The first-order valence-electron chi connectivity index (χ1n) is 6.08. The van der Waals surface area contributed by atoms with Gasteiger partial charge in [-0.2, -0.15) is 5.10 Å². The van der Waals surface area contributed by atoms with Crippen LogP contribution in [0.5, 0.6) is 0 Å². The molecular weight excluding hydrogens is 312 g/mol. The molecular formula is C12H21BrN4O2. The van der Waals surface area contributed by atoms with E-state index in [2.05, 4.69) is 21.0 Å². The Morgan fingerprint density at radius 1 is 1.42 bits per heavy atom. The molecule has 0 saturated carbocycles. The number of rotatable bonds is 7. The van der Waals surface area contributed by atoms with Crippen LogP contribution in [-0.4, -0.2) is 64.4 Å². The highest BCUT2D eigenvalue weighted by Gasteiger charge is 2.16. The van der Waals surface area contributed by atoms with Gasteiger partial charge in [0.05, 0.1) is 22.4 Å². The maximum absolute atomic E-state index is 10.9. The van der Waals surface area contributed by atoms with E-state index in [1.807, 2.05) is 37.9 Å². The fraction of sp³-hybridized carbons (Fsp3) is 0.667. The summed E-state index contributed by atoms with van der Waals surface area (Å²) in [5, 5.41) is 13.3. The minimum absolute atomic E-state index is 0.0322. The van der Waals surface area contributed by atoms with Crippen LogP contribution in [0.1, 0.15) is 11.4 Å². The van der Waals surface area contributed by atoms with Gasteiger partial charge < -0.3 is 10.0 Å². The average Bonchev–Trinajstić information content (AvgIpc) is 2.52. The Kier molecular flexibility index (Phi) is 5.96. The zero-order valence-electron chi connectivity index (χ0n) is 11.9. The second kappa shape index (κ2) is 7.02. The molecule has 0 aromatic carbocycles. The molecule has 0 aliphatic carbocycles. The van der Waals surface area contributed by atoms with E-state index in [0.29, 0.717) is 13.1 Å². The van der Waals surface area contributed by atoms with Crippen molar-refractivity contribution in [3.05, 3.63) is 15.9 Å². The van der Waals surface area contributed by atoms with Gasteiger partial charge in [0.1, 0.15) is 0 Å². The Morgan fingerprint density at radius 2 is 2.05 bits per heavy atom. The van der Waals surface area contributed by atoms with E-state index in [9.17, 15) is 4.79 Å². The number of carboxylic acid groups (broad SMARTS) is 1. The van der Waals surface area contributed by atoms with Gasteiger partial charge >= 0.3 is 5.97 Å². The molecule has 1 N–H and O–H groups in total. The monoisotopic (exact) mass is 332 g/mol. The zero-order chi connectivity index (χ0) is 14.6. The number of aromatic nitrogens is 2. The van der Waals surface area contributed by atoms with Crippen LogP contribution in [0.3, 0.4) is 0 Å². The molecule has 19 heavy (non-hydrogen) atoms. The Hall–Kier alpha value is -0.920. The molecule has 1 rings (SSSR count). The van der Waals surface area contributed by atoms with Crippen molar-refractivity contribution in [1.82, 2.24) is 19.6 Å². The Morgan fingerprint density at radius 3 is 2.47 bits per heavy atom. The molecule has 7 heteroatoms. The number of halogens is 1. The molecule has 1 aromatic rings. The van der Waals surface area contributed by atoms with Gasteiger partial charge in [-0.3, -0.25) is 14.4 Å². The predicted molar refractivity (Wildman–Crippen MR) is 77.1 cm³/mol. The van der Waals surface area contributed by atoms with Crippen molar-refractivity contribution < 1.29 is 9.90 Å². The lowest BCUT2D eigenvalue weighted by atomic mass is 10.3. The molecule has 1 aromatic heterocycles. The van der Waals surface area contributed by atoms with Crippen LogP contribution in [0, 0.1) is 6.92 Å². The number of nitrogens with zero attached hydrogens (tertiary/aromatic N) is 4. The van der Waals surface area contributed by atoms with E-state index in [4.69, 9.17) is 5.11 Å². The summed E-state index contributed by atoms with van der Waals surface area (Å²) >= 11 is 3.51. The van der Waals surface area contributed by atoms with Gasteiger partial charge in [0.25, 0.3) is 0 Å². The molecule has 108 valence electrons. The molecule has 0 aliphatic rings. The molecule has 0 spiro atoms. The van der Waals surface area contributed by atoms with Crippen molar-refractivity contribution in [1.29, 1.82) is 0 Å². The molecule has 6 nitrogen and oxygen atoms in total. The summed E-state index contributed by atoms with van der Waals surface area (Å²) in [7, 11) is 5.82. The first-order valence-corrected chi connectivity index (χ1v) is 6.87. The van der Waals surface area contributed by atoms with Crippen LogP contribution in [0.25, 0.3) is 0 Å². The van der Waals surface area contributed by atoms with Crippen molar-refractivity contribution in [2.75, 3.05) is 33.7 Å². The summed E-state index contributed by atoms with van der Waals surface area (Å²) in [5.74, 6) is -0.811. The van der Waals surface area contributed by atoms with Crippen LogP contribution in [0.15, 0.2) is 4.47 Å². The smallest absolute Gasteiger partial charge is 0.317 e. The summed E-state index contributed by atoms with van der Waals surface area (Å²) in [6.07, 6.45) is 0. The fourth-order valence-corrected chi connectivity index (χ4v) is 2.27. The third-order valence-corrected chi connectivity index (χ3v) is 3.89. The fourth-order valence-electron chi connectivity index (χ4n) is 1.81. The zero-order valence-corrected chi connectivity index (χ0v) is 13.4. The molecule has 0 unspecified atom stereocenters.